The Hall–Kier alpha value is -2.65. The molecule has 2 amide bonds. The molecule has 3 aromatic rings. The summed E-state index contributed by atoms with van der Waals surface area (Å²) in [6.45, 7) is 1.98. The van der Waals surface area contributed by atoms with Crippen molar-refractivity contribution in [2.24, 2.45) is 0 Å². The number of nitrogens with zero attached hydrogens (tertiary/aromatic N) is 4. The Balaban J connectivity index is 1.65. The molecular weight excluding hydrogens is 454 g/mol. The Kier molecular flexibility index (Phi) is 7.05. The Morgan fingerprint density at radius 2 is 2.00 bits per heavy atom. The second kappa shape index (κ2) is 9.71. The lowest BCUT2D eigenvalue weighted by Gasteiger charge is -2.18. The van der Waals surface area contributed by atoms with Crippen molar-refractivity contribution in [1.29, 1.82) is 0 Å². The van der Waals surface area contributed by atoms with E-state index in [2.05, 4.69) is 31.4 Å². The fourth-order valence-corrected chi connectivity index (χ4v) is 3.92. The minimum Gasteiger partial charge on any atom is -0.341 e. The second-order valence-electron chi connectivity index (χ2n) is 6.34. The van der Waals surface area contributed by atoms with Crippen molar-refractivity contribution in [1.82, 2.24) is 19.7 Å². The van der Waals surface area contributed by atoms with Gasteiger partial charge in [0.2, 0.25) is 11.8 Å². The summed E-state index contributed by atoms with van der Waals surface area (Å²) in [6, 6.07) is 15.2. The highest BCUT2D eigenvalue weighted by Gasteiger charge is 2.14. The van der Waals surface area contributed by atoms with E-state index in [9.17, 15) is 9.59 Å². The van der Waals surface area contributed by atoms with E-state index in [1.54, 1.807) is 22.8 Å². The molecule has 0 aliphatic heterocycles. The maximum atomic E-state index is 12.6. The van der Waals surface area contributed by atoms with Crippen LogP contribution in [0.25, 0.3) is 5.69 Å². The van der Waals surface area contributed by atoms with Gasteiger partial charge in [-0.15, -0.1) is 10.2 Å². The van der Waals surface area contributed by atoms with E-state index in [0.29, 0.717) is 17.4 Å². The minimum atomic E-state index is -0.140. The topological polar surface area (TPSA) is 80.1 Å². The van der Waals surface area contributed by atoms with Gasteiger partial charge >= 0.3 is 0 Å². The van der Waals surface area contributed by atoms with Crippen molar-refractivity contribution in [3.8, 4) is 5.69 Å². The zero-order valence-electron chi connectivity index (χ0n) is 16.0. The first kappa shape index (κ1) is 21.1. The van der Waals surface area contributed by atoms with Crippen LogP contribution in [0.4, 0.5) is 5.69 Å². The molecule has 0 bridgehead atoms. The smallest absolute Gasteiger partial charge is 0.233 e. The summed E-state index contributed by atoms with van der Waals surface area (Å²) in [5.74, 6) is 0.0943. The normalized spacial score (nSPS) is 10.6. The lowest BCUT2D eigenvalue weighted by Crippen LogP contribution is -2.28. The molecule has 3 rings (SSSR count). The number of amides is 2. The molecule has 2 aromatic carbocycles. The maximum absolute atomic E-state index is 12.6. The molecule has 0 atom stereocenters. The summed E-state index contributed by atoms with van der Waals surface area (Å²) in [7, 11) is 1.78. The number of carbonyl (C=O) groups excluding carboxylic acids is 2. The lowest BCUT2D eigenvalue weighted by atomic mass is 10.2. The van der Waals surface area contributed by atoms with E-state index >= 15 is 0 Å². The molecule has 150 valence electrons. The number of carbonyl (C=O) groups is 2. The van der Waals surface area contributed by atoms with Crippen molar-refractivity contribution >= 4 is 45.2 Å². The minimum absolute atomic E-state index is 0.00713. The van der Waals surface area contributed by atoms with E-state index in [-0.39, 0.29) is 17.6 Å². The van der Waals surface area contributed by atoms with Crippen molar-refractivity contribution in [3.05, 3.63) is 64.9 Å². The molecule has 29 heavy (non-hydrogen) atoms. The fourth-order valence-electron chi connectivity index (χ4n) is 2.64. The van der Waals surface area contributed by atoms with Crippen LogP contribution in [-0.2, 0) is 16.1 Å². The maximum Gasteiger partial charge on any atom is 0.233 e. The standard InChI is InChI=1S/C20H20BrN5O2S/c1-14(27)23-16-7-5-8-17(10-16)26-13-22-24-20(26)29-12-19(28)25(2)11-15-6-3-4-9-18(15)21/h3-10,13H,11-12H2,1-2H3,(H,23,27). The fraction of sp³-hybridized carbons (Fsp3) is 0.200. The van der Waals surface area contributed by atoms with Crippen LogP contribution in [0.1, 0.15) is 12.5 Å². The Morgan fingerprint density at radius 3 is 2.76 bits per heavy atom. The van der Waals surface area contributed by atoms with Gasteiger partial charge in [-0.25, -0.2) is 0 Å². The van der Waals surface area contributed by atoms with Gasteiger partial charge < -0.3 is 10.2 Å². The Labute approximate surface area is 181 Å². The molecule has 1 heterocycles. The predicted molar refractivity (Wildman–Crippen MR) is 117 cm³/mol. The first-order valence-corrected chi connectivity index (χ1v) is 10.6. The molecule has 0 spiro atoms. The third-order valence-electron chi connectivity index (χ3n) is 4.08. The number of rotatable bonds is 7. The summed E-state index contributed by atoms with van der Waals surface area (Å²) in [6.07, 6.45) is 1.59. The molecule has 0 fully saturated rings. The number of aromatic nitrogens is 3. The monoisotopic (exact) mass is 473 g/mol. The third kappa shape index (κ3) is 5.68. The number of nitrogens with one attached hydrogen (secondary N) is 1. The lowest BCUT2D eigenvalue weighted by molar-refractivity contribution is -0.127. The third-order valence-corrected chi connectivity index (χ3v) is 5.78. The van der Waals surface area contributed by atoms with Gasteiger partial charge in [0.15, 0.2) is 5.16 Å². The van der Waals surface area contributed by atoms with Gasteiger partial charge in [0.05, 0.1) is 11.4 Å². The van der Waals surface area contributed by atoms with Crippen molar-refractivity contribution < 1.29 is 9.59 Å². The molecule has 0 unspecified atom stereocenters. The number of hydrogen-bond acceptors (Lipinski definition) is 5. The molecule has 0 aliphatic rings. The average molecular weight is 474 g/mol. The first-order chi connectivity index (χ1) is 13.9. The summed E-state index contributed by atoms with van der Waals surface area (Å²) in [5.41, 5.74) is 2.54. The number of benzene rings is 2. The molecule has 0 saturated heterocycles. The zero-order chi connectivity index (χ0) is 20.8. The largest absolute Gasteiger partial charge is 0.341 e. The van der Waals surface area contributed by atoms with E-state index in [0.717, 1.165) is 15.7 Å². The second-order valence-corrected chi connectivity index (χ2v) is 8.14. The molecular formula is C20H20BrN5O2S. The van der Waals surface area contributed by atoms with Crippen LogP contribution < -0.4 is 5.32 Å². The highest BCUT2D eigenvalue weighted by Crippen LogP contribution is 2.23. The summed E-state index contributed by atoms with van der Waals surface area (Å²) in [5, 5.41) is 11.4. The van der Waals surface area contributed by atoms with Gasteiger partial charge in [-0.05, 0) is 29.8 Å². The number of halogens is 1. The zero-order valence-corrected chi connectivity index (χ0v) is 18.4. The molecule has 0 aliphatic carbocycles. The number of anilines is 1. The van der Waals surface area contributed by atoms with Crippen LogP contribution in [-0.4, -0.2) is 44.3 Å². The predicted octanol–water partition coefficient (Wildman–Crippen LogP) is 3.74. The molecule has 0 saturated carbocycles. The van der Waals surface area contributed by atoms with E-state index in [4.69, 9.17) is 0 Å². The average Bonchev–Trinajstić information content (AvgIpc) is 3.16. The van der Waals surface area contributed by atoms with Gasteiger partial charge in [0.25, 0.3) is 0 Å². The van der Waals surface area contributed by atoms with Gasteiger partial charge in [0, 0.05) is 30.7 Å². The Morgan fingerprint density at radius 1 is 1.21 bits per heavy atom. The van der Waals surface area contributed by atoms with E-state index < -0.39 is 0 Å². The molecule has 0 radical (unpaired) electrons. The van der Waals surface area contributed by atoms with E-state index in [1.807, 2.05) is 48.5 Å². The van der Waals surface area contributed by atoms with Crippen LogP contribution in [0.2, 0.25) is 0 Å². The van der Waals surface area contributed by atoms with Crippen LogP contribution in [0.3, 0.4) is 0 Å². The molecule has 7 nitrogen and oxygen atoms in total. The van der Waals surface area contributed by atoms with Crippen LogP contribution >= 0.6 is 27.7 Å². The molecule has 1 N–H and O–H groups in total. The number of thioether (sulfide) groups is 1. The van der Waals surface area contributed by atoms with Crippen LogP contribution in [0, 0.1) is 0 Å². The summed E-state index contributed by atoms with van der Waals surface area (Å²) >= 11 is 4.83. The van der Waals surface area contributed by atoms with E-state index in [1.165, 1.54) is 18.7 Å². The number of hydrogen-bond donors (Lipinski definition) is 1. The van der Waals surface area contributed by atoms with Gasteiger partial charge in [-0.1, -0.05) is 52.0 Å². The molecule has 9 heteroatoms. The van der Waals surface area contributed by atoms with Crippen LogP contribution in [0.5, 0.6) is 0 Å². The Bertz CT molecular complexity index is 1020. The highest BCUT2D eigenvalue weighted by molar-refractivity contribution is 9.10. The first-order valence-electron chi connectivity index (χ1n) is 8.82. The van der Waals surface area contributed by atoms with Gasteiger partial charge in [-0.2, -0.15) is 0 Å². The van der Waals surface area contributed by atoms with Gasteiger partial charge in [0.1, 0.15) is 6.33 Å². The van der Waals surface area contributed by atoms with Crippen molar-refractivity contribution in [2.45, 2.75) is 18.6 Å². The summed E-state index contributed by atoms with van der Waals surface area (Å²) < 4.78 is 2.77. The van der Waals surface area contributed by atoms with Crippen LogP contribution in [0.15, 0.2) is 64.5 Å². The van der Waals surface area contributed by atoms with Crippen molar-refractivity contribution in [3.63, 3.8) is 0 Å². The highest BCUT2D eigenvalue weighted by atomic mass is 79.9. The van der Waals surface area contributed by atoms with Crippen molar-refractivity contribution in [2.75, 3.05) is 18.1 Å². The molecule has 1 aromatic heterocycles. The van der Waals surface area contributed by atoms with Gasteiger partial charge in [-0.3, -0.25) is 14.2 Å². The summed E-state index contributed by atoms with van der Waals surface area (Å²) in [4.78, 5) is 25.5. The SMILES string of the molecule is CC(=O)Nc1cccc(-n2cnnc2SCC(=O)N(C)Cc2ccccc2Br)c1. The quantitative estimate of drug-likeness (QED) is 0.528.